The molecule has 0 amide bonds. The summed E-state index contributed by atoms with van der Waals surface area (Å²) in [7, 11) is 0. The van der Waals surface area contributed by atoms with Crippen molar-refractivity contribution in [3.63, 3.8) is 0 Å². The second-order valence-electron chi connectivity index (χ2n) is 4.83. The fourth-order valence-corrected chi connectivity index (χ4v) is 2.74. The van der Waals surface area contributed by atoms with E-state index in [0.29, 0.717) is 6.04 Å². The Hall–Kier alpha value is -1.65. The Balaban J connectivity index is 2.02. The summed E-state index contributed by atoms with van der Waals surface area (Å²) < 4.78 is 13.4. The van der Waals surface area contributed by atoms with Gasteiger partial charge in [-0.25, -0.2) is 4.39 Å². The summed E-state index contributed by atoms with van der Waals surface area (Å²) in [5.41, 5.74) is 1.88. The lowest BCUT2D eigenvalue weighted by atomic mass is 10.1. The molecule has 0 bridgehead atoms. The number of benzene rings is 1. The summed E-state index contributed by atoms with van der Waals surface area (Å²) >= 11 is 5.92. The summed E-state index contributed by atoms with van der Waals surface area (Å²) in [6, 6.07) is 9.05. The van der Waals surface area contributed by atoms with Crippen molar-refractivity contribution in [2.45, 2.75) is 12.5 Å². The van der Waals surface area contributed by atoms with Crippen molar-refractivity contribution in [1.82, 2.24) is 10.3 Å². The first-order valence-corrected chi connectivity index (χ1v) is 6.98. The van der Waals surface area contributed by atoms with E-state index >= 15 is 0 Å². The van der Waals surface area contributed by atoms with Crippen molar-refractivity contribution in [3.05, 3.63) is 53.6 Å². The molecule has 1 atom stereocenters. The smallest absolute Gasteiger partial charge is 0.141 e. The predicted octanol–water partition coefficient (Wildman–Crippen LogP) is 3.37. The normalized spacial score (nSPS) is 18.2. The van der Waals surface area contributed by atoms with Crippen LogP contribution in [0, 0.1) is 5.82 Å². The Bertz CT molecular complexity index is 585. The fourth-order valence-electron chi connectivity index (χ4n) is 2.56. The average Bonchev–Trinajstić information content (AvgIpc) is 2.98. The molecule has 1 aromatic carbocycles. The molecular formula is C15H15ClFN3. The van der Waals surface area contributed by atoms with Gasteiger partial charge < -0.3 is 10.2 Å². The minimum Gasteiger partial charge on any atom is -0.336 e. The highest BCUT2D eigenvalue weighted by Gasteiger charge is 2.24. The second kappa shape index (κ2) is 5.77. The highest BCUT2D eigenvalue weighted by molar-refractivity contribution is 6.31. The molecule has 1 saturated heterocycles. The van der Waals surface area contributed by atoms with Gasteiger partial charge in [0.15, 0.2) is 0 Å². The topological polar surface area (TPSA) is 28.2 Å². The van der Waals surface area contributed by atoms with Gasteiger partial charge in [-0.15, -0.1) is 0 Å². The molecule has 1 aliphatic rings. The summed E-state index contributed by atoms with van der Waals surface area (Å²) in [6.45, 7) is 1.88. The first-order chi connectivity index (χ1) is 9.75. The van der Waals surface area contributed by atoms with E-state index in [1.54, 1.807) is 18.3 Å². The van der Waals surface area contributed by atoms with E-state index in [4.69, 9.17) is 11.6 Å². The molecule has 1 aliphatic heterocycles. The van der Waals surface area contributed by atoms with Crippen LogP contribution in [-0.2, 0) is 0 Å². The molecule has 104 valence electrons. The van der Waals surface area contributed by atoms with Gasteiger partial charge in [0.25, 0.3) is 0 Å². The van der Waals surface area contributed by atoms with Crippen molar-refractivity contribution in [1.29, 1.82) is 0 Å². The summed E-state index contributed by atoms with van der Waals surface area (Å²) in [4.78, 5) is 6.34. The van der Waals surface area contributed by atoms with Crippen LogP contribution in [0.25, 0.3) is 0 Å². The maximum absolute atomic E-state index is 13.4. The fraction of sp³-hybridized carbons (Fsp3) is 0.267. The molecule has 0 unspecified atom stereocenters. The van der Waals surface area contributed by atoms with Gasteiger partial charge in [0.2, 0.25) is 0 Å². The lowest BCUT2D eigenvalue weighted by molar-refractivity contribution is 0.627. The molecule has 2 aromatic rings. The first-order valence-electron chi connectivity index (χ1n) is 6.61. The molecule has 0 aliphatic carbocycles. The molecule has 2 heterocycles. The van der Waals surface area contributed by atoms with Crippen LogP contribution in [0.5, 0.6) is 0 Å². The van der Waals surface area contributed by atoms with Gasteiger partial charge in [0.1, 0.15) is 5.82 Å². The van der Waals surface area contributed by atoms with E-state index in [0.717, 1.165) is 30.9 Å². The molecule has 1 fully saturated rings. The quantitative estimate of drug-likeness (QED) is 0.940. The molecule has 20 heavy (non-hydrogen) atoms. The molecule has 0 radical (unpaired) electrons. The van der Waals surface area contributed by atoms with Crippen LogP contribution in [0.2, 0.25) is 5.02 Å². The van der Waals surface area contributed by atoms with Crippen molar-refractivity contribution in [3.8, 4) is 0 Å². The van der Waals surface area contributed by atoms with Gasteiger partial charge in [-0.2, -0.15) is 0 Å². The zero-order valence-electron chi connectivity index (χ0n) is 10.9. The number of anilines is 2. The Labute approximate surface area is 122 Å². The third-order valence-electron chi connectivity index (χ3n) is 3.50. The third kappa shape index (κ3) is 2.62. The standard InChI is InChI=1S/C15H15ClFN3/c16-14-8-11(3-4-15(14)17)20(13-5-7-19-10-13)12-2-1-6-18-9-12/h1-4,6,8-9,13,19H,5,7,10H2/t13-/m0/s1. The van der Waals surface area contributed by atoms with Gasteiger partial charge in [-0.3, -0.25) is 4.98 Å². The average molecular weight is 292 g/mol. The number of nitrogens with one attached hydrogen (secondary N) is 1. The van der Waals surface area contributed by atoms with E-state index in [1.807, 2.05) is 18.3 Å². The van der Waals surface area contributed by atoms with Gasteiger partial charge in [-0.1, -0.05) is 11.6 Å². The van der Waals surface area contributed by atoms with Crippen LogP contribution < -0.4 is 10.2 Å². The minimum atomic E-state index is -0.397. The molecule has 1 aromatic heterocycles. The van der Waals surface area contributed by atoms with Crippen molar-refractivity contribution < 1.29 is 4.39 Å². The number of nitrogens with zero attached hydrogens (tertiary/aromatic N) is 2. The van der Waals surface area contributed by atoms with Crippen molar-refractivity contribution in [2.24, 2.45) is 0 Å². The van der Waals surface area contributed by atoms with Crippen LogP contribution in [0.15, 0.2) is 42.7 Å². The molecule has 0 spiro atoms. The molecule has 3 nitrogen and oxygen atoms in total. The monoisotopic (exact) mass is 291 g/mol. The molecule has 3 rings (SSSR count). The van der Waals surface area contributed by atoms with E-state index in [2.05, 4.69) is 15.2 Å². The lowest BCUT2D eigenvalue weighted by Gasteiger charge is -2.30. The third-order valence-corrected chi connectivity index (χ3v) is 3.79. The lowest BCUT2D eigenvalue weighted by Crippen LogP contribution is -2.33. The van der Waals surface area contributed by atoms with Crippen LogP contribution in [-0.4, -0.2) is 24.1 Å². The highest BCUT2D eigenvalue weighted by Crippen LogP contribution is 2.31. The predicted molar refractivity (Wildman–Crippen MR) is 79.1 cm³/mol. The van der Waals surface area contributed by atoms with Crippen molar-refractivity contribution in [2.75, 3.05) is 18.0 Å². The van der Waals surface area contributed by atoms with E-state index in [-0.39, 0.29) is 5.02 Å². The Kier molecular flexibility index (Phi) is 3.85. The maximum Gasteiger partial charge on any atom is 0.141 e. The van der Waals surface area contributed by atoms with E-state index in [1.165, 1.54) is 6.07 Å². The largest absolute Gasteiger partial charge is 0.336 e. The van der Waals surface area contributed by atoms with Crippen LogP contribution in [0.4, 0.5) is 15.8 Å². The second-order valence-corrected chi connectivity index (χ2v) is 5.23. The van der Waals surface area contributed by atoms with Gasteiger partial charge in [0, 0.05) is 24.5 Å². The number of hydrogen-bond donors (Lipinski definition) is 1. The number of halogens is 2. The molecule has 1 N–H and O–H groups in total. The SMILES string of the molecule is Fc1ccc(N(c2cccnc2)[C@H]2CCNC2)cc1Cl. The van der Waals surface area contributed by atoms with Gasteiger partial charge in [-0.05, 0) is 43.3 Å². The molecular weight excluding hydrogens is 277 g/mol. The minimum absolute atomic E-state index is 0.141. The van der Waals surface area contributed by atoms with Crippen molar-refractivity contribution >= 4 is 23.0 Å². The summed E-state index contributed by atoms with van der Waals surface area (Å²) in [5, 5.41) is 3.49. The first kappa shape index (κ1) is 13.3. The summed E-state index contributed by atoms with van der Waals surface area (Å²) in [5.74, 6) is -0.397. The zero-order chi connectivity index (χ0) is 13.9. The van der Waals surface area contributed by atoms with E-state index in [9.17, 15) is 4.39 Å². The zero-order valence-corrected chi connectivity index (χ0v) is 11.6. The Morgan fingerprint density at radius 2 is 2.20 bits per heavy atom. The molecule has 5 heteroatoms. The van der Waals surface area contributed by atoms with Gasteiger partial charge in [0.05, 0.1) is 16.9 Å². The van der Waals surface area contributed by atoms with Crippen LogP contribution in [0.1, 0.15) is 6.42 Å². The maximum atomic E-state index is 13.4. The number of pyridine rings is 1. The number of rotatable bonds is 3. The van der Waals surface area contributed by atoms with E-state index < -0.39 is 5.82 Å². The highest BCUT2D eigenvalue weighted by atomic mass is 35.5. The summed E-state index contributed by atoms with van der Waals surface area (Å²) in [6.07, 6.45) is 4.59. The Morgan fingerprint density at radius 1 is 1.30 bits per heavy atom. The number of hydrogen-bond acceptors (Lipinski definition) is 3. The Morgan fingerprint density at radius 3 is 2.85 bits per heavy atom. The van der Waals surface area contributed by atoms with Crippen LogP contribution >= 0.6 is 11.6 Å². The van der Waals surface area contributed by atoms with Gasteiger partial charge >= 0.3 is 0 Å². The number of aromatic nitrogens is 1. The van der Waals surface area contributed by atoms with Crippen LogP contribution in [0.3, 0.4) is 0 Å². The molecule has 0 saturated carbocycles.